The number of aliphatic hydroxyl groups excluding tert-OH is 1. The number of aliphatic hydroxyl groups is 1. The van der Waals surface area contributed by atoms with Crippen molar-refractivity contribution in [1.82, 2.24) is 10.6 Å². The molecule has 1 aromatic heterocycles. The zero-order valence-corrected chi connectivity index (χ0v) is 14.5. The molecule has 2 rings (SSSR count). The molecule has 0 spiro atoms. The Morgan fingerprint density at radius 2 is 2.33 bits per heavy atom. The smallest absolute Gasteiger partial charge is 0.191 e. The first-order chi connectivity index (χ1) is 11.6. The van der Waals surface area contributed by atoms with Gasteiger partial charge in [0, 0.05) is 38.1 Å². The van der Waals surface area contributed by atoms with Crippen LogP contribution in [-0.2, 0) is 11.2 Å². The van der Waals surface area contributed by atoms with E-state index in [4.69, 9.17) is 14.1 Å². The van der Waals surface area contributed by atoms with E-state index in [1.54, 1.807) is 6.26 Å². The molecule has 2 heterocycles. The standard InChI is InChI=1S/C18H29N3O3/c1-15(2)12-20-17(19-8-5-16-4-3-10-24-16)21-13-18(6-9-22)7-11-23-14-18/h3-4,10,22H,1,5-9,11-14H2,2H3,(H2,19,20,21). The molecule has 6 nitrogen and oxygen atoms in total. The van der Waals surface area contributed by atoms with Crippen molar-refractivity contribution in [3.63, 3.8) is 0 Å². The number of furan rings is 1. The van der Waals surface area contributed by atoms with Crippen LogP contribution in [-0.4, -0.2) is 50.5 Å². The number of hydrogen-bond donors (Lipinski definition) is 3. The maximum atomic E-state index is 9.32. The molecular formula is C18H29N3O3. The zero-order chi connectivity index (χ0) is 17.3. The van der Waals surface area contributed by atoms with E-state index in [2.05, 4.69) is 17.2 Å². The molecule has 0 amide bonds. The van der Waals surface area contributed by atoms with Crippen LogP contribution in [0.25, 0.3) is 0 Å². The zero-order valence-electron chi connectivity index (χ0n) is 14.5. The SMILES string of the molecule is C=C(C)CNC(=NCC1(CCO)CCOC1)NCCc1ccco1. The van der Waals surface area contributed by atoms with Gasteiger partial charge in [0.15, 0.2) is 5.96 Å². The summed E-state index contributed by atoms with van der Waals surface area (Å²) in [5.41, 5.74) is 0.998. The predicted molar refractivity (Wildman–Crippen MR) is 95.1 cm³/mol. The second-order valence-electron chi connectivity index (χ2n) is 6.51. The summed E-state index contributed by atoms with van der Waals surface area (Å²) < 4.78 is 10.9. The van der Waals surface area contributed by atoms with Crippen molar-refractivity contribution in [3.05, 3.63) is 36.3 Å². The number of guanidine groups is 1. The third kappa shape index (κ3) is 6.02. The summed E-state index contributed by atoms with van der Waals surface area (Å²) in [6.45, 7) is 9.52. The summed E-state index contributed by atoms with van der Waals surface area (Å²) in [5.74, 6) is 1.71. The Labute approximate surface area is 144 Å². The first kappa shape index (κ1) is 18.5. The molecule has 1 aromatic rings. The average molecular weight is 335 g/mol. The lowest BCUT2D eigenvalue weighted by Crippen LogP contribution is -2.40. The fourth-order valence-corrected chi connectivity index (χ4v) is 2.70. The Bertz CT molecular complexity index is 520. The minimum atomic E-state index is -0.0480. The number of hydrogen-bond acceptors (Lipinski definition) is 4. The molecule has 1 aliphatic heterocycles. The number of rotatable bonds is 9. The van der Waals surface area contributed by atoms with E-state index in [0.29, 0.717) is 19.7 Å². The van der Waals surface area contributed by atoms with Crippen LogP contribution in [0.3, 0.4) is 0 Å². The lowest BCUT2D eigenvalue weighted by molar-refractivity contribution is 0.131. The van der Waals surface area contributed by atoms with Crippen LogP contribution in [0.1, 0.15) is 25.5 Å². The van der Waals surface area contributed by atoms with Gasteiger partial charge in [0.1, 0.15) is 5.76 Å². The van der Waals surface area contributed by atoms with Crippen molar-refractivity contribution in [2.75, 3.05) is 39.5 Å². The summed E-state index contributed by atoms with van der Waals surface area (Å²) in [6, 6.07) is 3.86. The van der Waals surface area contributed by atoms with Gasteiger partial charge in [-0.2, -0.15) is 0 Å². The summed E-state index contributed by atoms with van der Waals surface area (Å²) >= 11 is 0. The van der Waals surface area contributed by atoms with Crippen molar-refractivity contribution >= 4 is 5.96 Å². The number of nitrogens with one attached hydrogen (secondary N) is 2. The maximum absolute atomic E-state index is 9.32. The molecule has 134 valence electrons. The van der Waals surface area contributed by atoms with Gasteiger partial charge < -0.3 is 24.9 Å². The van der Waals surface area contributed by atoms with E-state index in [0.717, 1.165) is 49.7 Å². The molecule has 0 saturated carbocycles. The summed E-state index contributed by atoms with van der Waals surface area (Å²) in [7, 11) is 0. The quantitative estimate of drug-likeness (QED) is 0.364. The monoisotopic (exact) mass is 335 g/mol. The van der Waals surface area contributed by atoms with Gasteiger partial charge in [0.05, 0.1) is 19.4 Å². The van der Waals surface area contributed by atoms with E-state index in [1.807, 2.05) is 19.1 Å². The third-order valence-electron chi connectivity index (χ3n) is 4.20. The maximum Gasteiger partial charge on any atom is 0.191 e. The molecule has 1 saturated heterocycles. The highest BCUT2D eigenvalue weighted by Gasteiger charge is 2.34. The fourth-order valence-electron chi connectivity index (χ4n) is 2.70. The highest BCUT2D eigenvalue weighted by Crippen LogP contribution is 2.32. The average Bonchev–Trinajstić information content (AvgIpc) is 3.22. The summed E-state index contributed by atoms with van der Waals surface area (Å²) in [6.07, 6.45) is 4.14. The van der Waals surface area contributed by atoms with E-state index in [9.17, 15) is 5.11 Å². The summed E-state index contributed by atoms with van der Waals surface area (Å²) in [4.78, 5) is 4.72. The lowest BCUT2D eigenvalue weighted by atomic mass is 9.84. The van der Waals surface area contributed by atoms with Gasteiger partial charge >= 0.3 is 0 Å². The molecule has 0 radical (unpaired) electrons. The third-order valence-corrected chi connectivity index (χ3v) is 4.20. The van der Waals surface area contributed by atoms with Gasteiger partial charge in [-0.1, -0.05) is 12.2 Å². The number of ether oxygens (including phenoxy) is 1. The van der Waals surface area contributed by atoms with Crippen molar-refractivity contribution in [1.29, 1.82) is 0 Å². The molecule has 1 aliphatic rings. The van der Waals surface area contributed by atoms with E-state index < -0.39 is 0 Å². The van der Waals surface area contributed by atoms with Crippen LogP contribution in [0.4, 0.5) is 0 Å². The minimum absolute atomic E-state index is 0.0480. The van der Waals surface area contributed by atoms with Crippen LogP contribution >= 0.6 is 0 Å². The largest absolute Gasteiger partial charge is 0.469 e. The Kier molecular flexibility index (Phi) is 7.34. The molecule has 6 heteroatoms. The van der Waals surface area contributed by atoms with Gasteiger partial charge in [-0.3, -0.25) is 4.99 Å². The second-order valence-corrected chi connectivity index (χ2v) is 6.51. The first-order valence-electron chi connectivity index (χ1n) is 8.51. The molecule has 24 heavy (non-hydrogen) atoms. The fraction of sp³-hybridized carbons (Fsp3) is 0.611. The van der Waals surface area contributed by atoms with Gasteiger partial charge in [0.2, 0.25) is 0 Å². The highest BCUT2D eigenvalue weighted by atomic mass is 16.5. The predicted octanol–water partition coefficient (Wildman–Crippen LogP) is 1.72. The number of aliphatic imine (C=N–C) groups is 1. The Balaban J connectivity index is 1.91. The summed E-state index contributed by atoms with van der Waals surface area (Å²) in [5, 5.41) is 15.9. The minimum Gasteiger partial charge on any atom is -0.469 e. The van der Waals surface area contributed by atoms with Gasteiger partial charge in [-0.05, 0) is 31.9 Å². The highest BCUT2D eigenvalue weighted by molar-refractivity contribution is 5.80. The first-order valence-corrected chi connectivity index (χ1v) is 8.51. The molecule has 1 unspecified atom stereocenters. The van der Waals surface area contributed by atoms with E-state index in [-0.39, 0.29) is 12.0 Å². The molecule has 3 N–H and O–H groups in total. The normalized spacial score (nSPS) is 21.0. The van der Waals surface area contributed by atoms with Crippen molar-refractivity contribution in [3.8, 4) is 0 Å². The van der Waals surface area contributed by atoms with Crippen LogP contribution < -0.4 is 10.6 Å². The number of nitrogens with zero attached hydrogens (tertiary/aromatic N) is 1. The van der Waals surface area contributed by atoms with E-state index >= 15 is 0 Å². The molecule has 0 bridgehead atoms. The van der Waals surface area contributed by atoms with Crippen LogP contribution in [0.5, 0.6) is 0 Å². The van der Waals surface area contributed by atoms with Crippen LogP contribution in [0.15, 0.2) is 40.0 Å². The molecule has 0 aromatic carbocycles. The van der Waals surface area contributed by atoms with Crippen molar-refractivity contribution in [2.45, 2.75) is 26.2 Å². The van der Waals surface area contributed by atoms with Gasteiger partial charge in [-0.15, -0.1) is 0 Å². The Morgan fingerprint density at radius 3 is 2.96 bits per heavy atom. The topological polar surface area (TPSA) is 79.0 Å². The van der Waals surface area contributed by atoms with Crippen molar-refractivity contribution < 1.29 is 14.3 Å². The van der Waals surface area contributed by atoms with Crippen LogP contribution in [0.2, 0.25) is 0 Å². The molecular weight excluding hydrogens is 306 g/mol. The molecule has 1 fully saturated rings. The van der Waals surface area contributed by atoms with E-state index in [1.165, 1.54) is 0 Å². The lowest BCUT2D eigenvalue weighted by Gasteiger charge is -2.25. The second kappa shape index (κ2) is 9.49. The Hall–Kier alpha value is -1.79. The van der Waals surface area contributed by atoms with Crippen LogP contribution in [0, 0.1) is 5.41 Å². The Morgan fingerprint density at radius 1 is 1.46 bits per heavy atom. The van der Waals surface area contributed by atoms with Gasteiger partial charge in [0.25, 0.3) is 0 Å². The molecule has 1 atom stereocenters. The van der Waals surface area contributed by atoms with Gasteiger partial charge in [-0.25, -0.2) is 0 Å². The molecule has 0 aliphatic carbocycles. The van der Waals surface area contributed by atoms with Crippen molar-refractivity contribution in [2.24, 2.45) is 10.4 Å².